The number of nitrogens with one attached hydrogen (secondary N) is 2. The molecule has 0 radical (unpaired) electrons. The van der Waals surface area contributed by atoms with E-state index in [1.165, 1.54) is 18.5 Å². The maximum atomic E-state index is 12.1. The van der Waals surface area contributed by atoms with Gasteiger partial charge < -0.3 is 4.98 Å². The van der Waals surface area contributed by atoms with E-state index in [2.05, 4.69) is 9.71 Å². The van der Waals surface area contributed by atoms with E-state index in [1.54, 1.807) is 11.8 Å². The van der Waals surface area contributed by atoms with Crippen molar-refractivity contribution in [2.24, 2.45) is 0 Å². The summed E-state index contributed by atoms with van der Waals surface area (Å²) in [4.78, 5) is 14.0. The van der Waals surface area contributed by atoms with Crippen LogP contribution < -0.4 is 10.2 Å². The summed E-state index contributed by atoms with van der Waals surface area (Å²) >= 11 is 1.71. The third kappa shape index (κ3) is 3.21. The highest BCUT2D eigenvalue weighted by Crippen LogP contribution is 2.39. The maximum Gasteiger partial charge on any atom is 0.245 e. The summed E-state index contributed by atoms with van der Waals surface area (Å²) in [5, 5.41) is 0. The van der Waals surface area contributed by atoms with Gasteiger partial charge in [-0.25, -0.2) is 13.1 Å². The molecule has 2 N–H and O–H groups in total. The Morgan fingerprint density at radius 2 is 2.11 bits per heavy atom. The molecule has 19 heavy (non-hydrogen) atoms. The van der Waals surface area contributed by atoms with Crippen LogP contribution >= 0.6 is 11.8 Å². The van der Waals surface area contributed by atoms with E-state index in [1.807, 2.05) is 6.26 Å². The largest absolute Gasteiger partial charge is 0.366 e. The lowest BCUT2D eigenvalue weighted by molar-refractivity contribution is 0.550. The number of rotatable bonds is 5. The average molecular weight is 302 g/mol. The Morgan fingerprint density at radius 3 is 2.68 bits per heavy atom. The molecule has 1 aromatic heterocycles. The third-order valence-electron chi connectivity index (χ3n) is 3.61. The highest BCUT2D eigenvalue weighted by Gasteiger charge is 2.34. The summed E-state index contributed by atoms with van der Waals surface area (Å²) in [5.74, 6) is 0. The summed E-state index contributed by atoms with van der Waals surface area (Å²) in [6.45, 7) is 0.380. The Bertz CT molecular complexity index is 589. The van der Waals surface area contributed by atoms with E-state index in [0.717, 1.165) is 25.7 Å². The SMILES string of the molecule is CSC1(CNS(=O)(=O)c2c[nH]ccc2=O)CCCC1. The van der Waals surface area contributed by atoms with Gasteiger partial charge in [-0.3, -0.25) is 4.79 Å². The van der Waals surface area contributed by atoms with Crippen molar-refractivity contribution in [2.45, 2.75) is 35.3 Å². The second kappa shape index (κ2) is 5.68. The van der Waals surface area contributed by atoms with Crippen molar-refractivity contribution in [3.05, 3.63) is 28.7 Å². The van der Waals surface area contributed by atoms with Crippen LogP contribution in [0.5, 0.6) is 0 Å². The van der Waals surface area contributed by atoms with Crippen molar-refractivity contribution in [1.82, 2.24) is 9.71 Å². The van der Waals surface area contributed by atoms with Gasteiger partial charge in [0.05, 0.1) is 0 Å². The molecule has 0 unspecified atom stereocenters. The molecule has 1 fully saturated rings. The van der Waals surface area contributed by atoms with Crippen LogP contribution in [0, 0.1) is 0 Å². The van der Waals surface area contributed by atoms with Crippen molar-refractivity contribution in [3.8, 4) is 0 Å². The van der Waals surface area contributed by atoms with Gasteiger partial charge in [0.15, 0.2) is 0 Å². The molecule has 106 valence electrons. The zero-order valence-electron chi connectivity index (χ0n) is 10.8. The first-order chi connectivity index (χ1) is 8.99. The van der Waals surface area contributed by atoms with Gasteiger partial charge in [-0.05, 0) is 19.1 Å². The lowest BCUT2D eigenvalue weighted by Gasteiger charge is -2.26. The van der Waals surface area contributed by atoms with Crippen molar-refractivity contribution < 1.29 is 8.42 Å². The fourth-order valence-corrected chi connectivity index (χ4v) is 4.57. The van der Waals surface area contributed by atoms with Crippen molar-refractivity contribution >= 4 is 21.8 Å². The van der Waals surface area contributed by atoms with Crippen molar-refractivity contribution in [2.75, 3.05) is 12.8 Å². The van der Waals surface area contributed by atoms with Gasteiger partial charge in [-0.15, -0.1) is 0 Å². The highest BCUT2D eigenvalue weighted by molar-refractivity contribution is 8.00. The van der Waals surface area contributed by atoms with Gasteiger partial charge in [-0.2, -0.15) is 11.8 Å². The predicted octanol–water partition coefficient (Wildman–Crippen LogP) is 1.33. The Balaban J connectivity index is 2.15. The van der Waals surface area contributed by atoms with E-state index < -0.39 is 15.5 Å². The quantitative estimate of drug-likeness (QED) is 0.860. The van der Waals surface area contributed by atoms with E-state index in [-0.39, 0.29) is 9.64 Å². The smallest absolute Gasteiger partial charge is 0.245 e. The molecule has 1 aliphatic carbocycles. The molecule has 0 bridgehead atoms. The molecule has 0 saturated heterocycles. The topological polar surface area (TPSA) is 79.0 Å². The average Bonchev–Trinajstić information content (AvgIpc) is 2.86. The molecule has 0 aliphatic heterocycles. The fraction of sp³-hybridized carbons (Fsp3) is 0.583. The number of thioether (sulfide) groups is 1. The van der Waals surface area contributed by atoms with Crippen LogP contribution in [0.25, 0.3) is 0 Å². The van der Waals surface area contributed by atoms with Gasteiger partial charge in [0, 0.05) is 29.8 Å². The molecule has 1 aliphatic rings. The number of sulfonamides is 1. The van der Waals surface area contributed by atoms with Crippen LogP contribution in [-0.4, -0.2) is 30.9 Å². The summed E-state index contributed by atoms with van der Waals surface area (Å²) in [6.07, 6.45) is 8.95. The molecular formula is C12H18N2O3S2. The lowest BCUT2D eigenvalue weighted by Crippen LogP contribution is -2.39. The molecule has 2 rings (SSSR count). The lowest BCUT2D eigenvalue weighted by atomic mass is 10.1. The molecule has 1 aromatic rings. The zero-order valence-corrected chi connectivity index (χ0v) is 12.4. The van der Waals surface area contributed by atoms with Crippen LogP contribution in [-0.2, 0) is 10.0 Å². The van der Waals surface area contributed by atoms with E-state index >= 15 is 0 Å². The zero-order chi connectivity index (χ0) is 13.9. The van der Waals surface area contributed by atoms with Gasteiger partial charge in [-0.1, -0.05) is 12.8 Å². The Morgan fingerprint density at radius 1 is 1.42 bits per heavy atom. The number of H-pyrrole nitrogens is 1. The second-order valence-corrected chi connectivity index (χ2v) is 7.80. The molecular weight excluding hydrogens is 284 g/mol. The van der Waals surface area contributed by atoms with Gasteiger partial charge >= 0.3 is 0 Å². The van der Waals surface area contributed by atoms with Crippen LogP contribution in [0.4, 0.5) is 0 Å². The highest BCUT2D eigenvalue weighted by atomic mass is 32.2. The summed E-state index contributed by atoms with van der Waals surface area (Å²) in [5.41, 5.74) is -0.490. The Labute approximate surface area is 117 Å². The molecule has 0 spiro atoms. The molecule has 1 heterocycles. The monoisotopic (exact) mass is 302 g/mol. The standard InChI is InChI=1S/C12H18N2O3S2/c1-18-12(5-2-3-6-12)9-14-19(16,17)11-8-13-7-4-10(11)15/h4,7-8,14H,2-3,5-6,9H2,1H3,(H,13,15). The Kier molecular flexibility index (Phi) is 4.37. The minimum Gasteiger partial charge on any atom is -0.366 e. The van der Waals surface area contributed by atoms with Gasteiger partial charge in [0.1, 0.15) is 4.90 Å². The molecule has 0 atom stereocenters. The maximum absolute atomic E-state index is 12.1. The third-order valence-corrected chi connectivity index (χ3v) is 6.45. The van der Waals surface area contributed by atoms with E-state index in [4.69, 9.17) is 0 Å². The first-order valence-corrected chi connectivity index (χ1v) is 8.92. The van der Waals surface area contributed by atoms with Crippen LogP contribution in [0.1, 0.15) is 25.7 Å². The normalized spacial score (nSPS) is 18.6. The van der Waals surface area contributed by atoms with Gasteiger partial charge in [0.2, 0.25) is 15.5 Å². The summed E-state index contributed by atoms with van der Waals surface area (Å²) in [6, 6.07) is 1.22. The summed E-state index contributed by atoms with van der Waals surface area (Å²) < 4.78 is 26.8. The number of hydrogen-bond acceptors (Lipinski definition) is 4. The molecule has 0 amide bonds. The number of aromatic nitrogens is 1. The molecule has 1 saturated carbocycles. The van der Waals surface area contributed by atoms with Gasteiger partial charge in [0.25, 0.3) is 0 Å². The predicted molar refractivity (Wildman–Crippen MR) is 77.0 cm³/mol. The number of aromatic amines is 1. The second-order valence-electron chi connectivity index (χ2n) is 4.79. The van der Waals surface area contributed by atoms with Crippen molar-refractivity contribution in [1.29, 1.82) is 0 Å². The minimum absolute atomic E-state index is 0.0192. The number of hydrogen-bond donors (Lipinski definition) is 2. The van der Waals surface area contributed by atoms with E-state index in [9.17, 15) is 13.2 Å². The molecule has 0 aromatic carbocycles. The van der Waals surface area contributed by atoms with Crippen LogP contribution in [0.3, 0.4) is 0 Å². The minimum atomic E-state index is -3.73. The first-order valence-electron chi connectivity index (χ1n) is 6.21. The van der Waals surface area contributed by atoms with E-state index in [0.29, 0.717) is 6.54 Å². The first kappa shape index (κ1) is 14.6. The number of pyridine rings is 1. The fourth-order valence-electron chi connectivity index (χ4n) is 2.39. The van der Waals surface area contributed by atoms with Crippen LogP contribution in [0.15, 0.2) is 28.2 Å². The summed E-state index contributed by atoms with van der Waals surface area (Å²) in [7, 11) is -3.73. The van der Waals surface area contributed by atoms with Crippen LogP contribution in [0.2, 0.25) is 0 Å². The molecule has 7 heteroatoms. The Hall–Kier alpha value is -0.790. The van der Waals surface area contributed by atoms with Crippen molar-refractivity contribution in [3.63, 3.8) is 0 Å². The molecule has 5 nitrogen and oxygen atoms in total.